The maximum atomic E-state index is 12.2. The summed E-state index contributed by atoms with van der Waals surface area (Å²) in [6.45, 7) is 7.22. The summed E-state index contributed by atoms with van der Waals surface area (Å²) in [6, 6.07) is 8.37. The molecule has 1 aromatic carbocycles. The second-order valence-electron chi connectivity index (χ2n) is 7.77. The Hall–Kier alpha value is -1.96. The van der Waals surface area contributed by atoms with Crippen molar-refractivity contribution in [1.29, 1.82) is 0 Å². The second kappa shape index (κ2) is 11.1. The van der Waals surface area contributed by atoms with Gasteiger partial charge in [-0.3, -0.25) is 19.4 Å². The van der Waals surface area contributed by atoms with E-state index in [1.54, 1.807) is 0 Å². The third-order valence-corrected chi connectivity index (χ3v) is 5.03. The van der Waals surface area contributed by atoms with Crippen LogP contribution in [-0.2, 0) is 27.5 Å². The van der Waals surface area contributed by atoms with Gasteiger partial charge in [0, 0.05) is 25.7 Å². The number of aliphatic carboxylic acids is 1. The van der Waals surface area contributed by atoms with Crippen LogP contribution in [0, 0.1) is 0 Å². The van der Waals surface area contributed by atoms with Crippen molar-refractivity contribution in [2.24, 2.45) is 0 Å². The Morgan fingerprint density at radius 3 is 2.39 bits per heavy atom. The van der Waals surface area contributed by atoms with E-state index in [0.717, 1.165) is 37.1 Å². The van der Waals surface area contributed by atoms with E-state index in [4.69, 9.17) is 9.84 Å². The number of benzene rings is 1. The first-order chi connectivity index (χ1) is 13.3. The molecule has 7 heteroatoms. The van der Waals surface area contributed by atoms with Crippen molar-refractivity contribution in [3.63, 3.8) is 0 Å². The highest BCUT2D eigenvalue weighted by atomic mass is 16.5. The van der Waals surface area contributed by atoms with Crippen LogP contribution in [0.1, 0.15) is 37.8 Å². The van der Waals surface area contributed by atoms with E-state index in [-0.39, 0.29) is 24.6 Å². The minimum atomic E-state index is -0.801. The molecule has 1 saturated heterocycles. The zero-order valence-corrected chi connectivity index (χ0v) is 17.2. The van der Waals surface area contributed by atoms with Crippen LogP contribution in [0.5, 0.6) is 0 Å². The van der Waals surface area contributed by atoms with Crippen LogP contribution in [-0.4, -0.2) is 72.2 Å². The number of carbonyl (C=O) groups excluding carboxylic acids is 1. The molecule has 1 fully saturated rings. The molecule has 1 aliphatic rings. The highest BCUT2D eigenvalue weighted by molar-refractivity contribution is 5.78. The van der Waals surface area contributed by atoms with Gasteiger partial charge in [0.05, 0.1) is 25.8 Å². The SMILES string of the molecule is CC(C)OCc1ccc(CNC(=O)CN2CCC(N(C)CC(=O)O)CC2)cc1. The number of nitrogens with one attached hydrogen (secondary N) is 1. The average molecular weight is 392 g/mol. The van der Waals surface area contributed by atoms with Gasteiger partial charge in [-0.05, 0) is 44.9 Å². The quantitative estimate of drug-likeness (QED) is 0.632. The number of likely N-dealkylation sites (N-methyl/N-ethyl adjacent to an activating group) is 1. The summed E-state index contributed by atoms with van der Waals surface area (Å²) in [5.74, 6) is -0.783. The first-order valence-corrected chi connectivity index (χ1v) is 9.94. The van der Waals surface area contributed by atoms with Crippen LogP contribution in [0.4, 0.5) is 0 Å². The lowest BCUT2D eigenvalue weighted by atomic mass is 10.0. The van der Waals surface area contributed by atoms with E-state index < -0.39 is 5.97 Å². The van der Waals surface area contributed by atoms with Crippen molar-refractivity contribution in [2.75, 3.05) is 33.2 Å². The monoisotopic (exact) mass is 391 g/mol. The normalized spacial score (nSPS) is 15.9. The molecule has 0 saturated carbocycles. The number of rotatable bonds is 10. The van der Waals surface area contributed by atoms with Crippen molar-refractivity contribution < 1.29 is 19.4 Å². The maximum absolute atomic E-state index is 12.2. The van der Waals surface area contributed by atoms with Gasteiger partial charge in [0.15, 0.2) is 0 Å². The summed E-state index contributed by atoms with van der Waals surface area (Å²) < 4.78 is 5.58. The Labute approximate surface area is 167 Å². The summed E-state index contributed by atoms with van der Waals surface area (Å²) in [5.41, 5.74) is 2.19. The number of nitrogens with zero attached hydrogens (tertiary/aromatic N) is 2. The first kappa shape index (κ1) is 22.3. The standard InChI is InChI=1S/C21H33N3O4/c1-16(2)28-15-18-6-4-17(5-7-18)12-22-20(25)13-24-10-8-19(9-11-24)23(3)14-21(26)27/h4-7,16,19H,8-15H2,1-3H3,(H,22,25)(H,26,27). The van der Waals surface area contributed by atoms with Crippen LogP contribution < -0.4 is 5.32 Å². The molecule has 1 amide bonds. The molecule has 1 aliphatic heterocycles. The predicted molar refractivity (Wildman–Crippen MR) is 108 cm³/mol. The highest BCUT2D eigenvalue weighted by Gasteiger charge is 2.24. The van der Waals surface area contributed by atoms with Gasteiger partial charge in [0.2, 0.25) is 5.91 Å². The third-order valence-electron chi connectivity index (χ3n) is 5.03. The molecule has 0 radical (unpaired) electrons. The average Bonchev–Trinajstić information content (AvgIpc) is 2.65. The molecule has 0 unspecified atom stereocenters. The van der Waals surface area contributed by atoms with E-state index in [0.29, 0.717) is 19.7 Å². The third kappa shape index (κ3) is 7.96. The largest absolute Gasteiger partial charge is 0.480 e. The topological polar surface area (TPSA) is 82.1 Å². The Morgan fingerprint density at radius 2 is 1.82 bits per heavy atom. The number of amides is 1. The van der Waals surface area contributed by atoms with Crippen molar-refractivity contribution >= 4 is 11.9 Å². The van der Waals surface area contributed by atoms with Crippen molar-refractivity contribution in [3.05, 3.63) is 35.4 Å². The molecule has 2 rings (SSSR count). The van der Waals surface area contributed by atoms with Gasteiger partial charge in [0.25, 0.3) is 0 Å². The van der Waals surface area contributed by atoms with E-state index >= 15 is 0 Å². The van der Waals surface area contributed by atoms with E-state index in [1.165, 1.54) is 0 Å². The number of likely N-dealkylation sites (tertiary alicyclic amines) is 1. The van der Waals surface area contributed by atoms with Gasteiger partial charge in [0.1, 0.15) is 0 Å². The molecule has 0 aliphatic carbocycles. The van der Waals surface area contributed by atoms with Crippen LogP contribution >= 0.6 is 0 Å². The minimum Gasteiger partial charge on any atom is -0.480 e. The van der Waals surface area contributed by atoms with Gasteiger partial charge in [-0.25, -0.2) is 0 Å². The van der Waals surface area contributed by atoms with Gasteiger partial charge >= 0.3 is 5.97 Å². The van der Waals surface area contributed by atoms with Crippen molar-refractivity contribution in [1.82, 2.24) is 15.1 Å². The predicted octanol–water partition coefficient (Wildman–Crippen LogP) is 1.71. The summed E-state index contributed by atoms with van der Waals surface area (Å²) >= 11 is 0. The number of carboxylic acids is 1. The molecule has 28 heavy (non-hydrogen) atoms. The number of carbonyl (C=O) groups is 2. The van der Waals surface area contributed by atoms with E-state index in [9.17, 15) is 9.59 Å². The van der Waals surface area contributed by atoms with Gasteiger partial charge in [-0.2, -0.15) is 0 Å². The number of hydrogen-bond acceptors (Lipinski definition) is 5. The van der Waals surface area contributed by atoms with Crippen LogP contribution in [0.15, 0.2) is 24.3 Å². The number of hydrogen-bond donors (Lipinski definition) is 2. The van der Waals surface area contributed by atoms with Gasteiger partial charge in [-0.15, -0.1) is 0 Å². The van der Waals surface area contributed by atoms with Crippen LogP contribution in [0.2, 0.25) is 0 Å². The Kier molecular flexibility index (Phi) is 8.89. The molecule has 0 aromatic heterocycles. The Morgan fingerprint density at radius 1 is 1.21 bits per heavy atom. The molecular weight excluding hydrogens is 358 g/mol. The smallest absolute Gasteiger partial charge is 0.317 e. The lowest BCUT2D eigenvalue weighted by molar-refractivity contribution is -0.138. The lowest BCUT2D eigenvalue weighted by Crippen LogP contribution is -2.47. The molecule has 1 aromatic rings. The number of piperidine rings is 1. The summed E-state index contributed by atoms with van der Waals surface area (Å²) in [7, 11) is 1.85. The fraction of sp³-hybridized carbons (Fsp3) is 0.619. The fourth-order valence-electron chi connectivity index (χ4n) is 3.34. The zero-order valence-electron chi connectivity index (χ0n) is 17.2. The van der Waals surface area contributed by atoms with E-state index in [2.05, 4.69) is 10.2 Å². The molecule has 1 heterocycles. The van der Waals surface area contributed by atoms with Gasteiger partial charge < -0.3 is 15.2 Å². The summed E-state index contributed by atoms with van der Waals surface area (Å²) in [4.78, 5) is 27.1. The number of ether oxygens (including phenoxy) is 1. The molecule has 7 nitrogen and oxygen atoms in total. The summed E-state index contributed by atoms with van der Waals surface area (Å²) in [5, 5.41) is 11.9. The fourth-order valence-corrected chi connectivity index (χ4v) is 3.34. The van der Waals surface area contributed by atoms with E-state index in [1.807, 2.05) is 50.1 Å². The Balaban J connectivity index is 1.67. The molecule has 156 valence electrons. The molecule has 0 bridgehead atoms. The molecular formula is C21H33N3O4. The second-order valence-corrected chi connectivity index (χ2v) is 7.77. The molecule has 2 N–H and O–H groups in total. The highest BCUT2D eigenvalue weighted by Crippen LogP contribution is 2.15. The van der Waals surface area contributed by atoms with Crippen LogP contribution in [0.3, 0.4) is 0 Å². The van der Waals surface area contributed by atoms with Crippen LogP contribution in [0.25, 0.3) is 0 Å². The Bertz CT molecular complexity index is 625. The first-order valence-electron chi connectivity index (χ1n) is 9.94. The molecule has 0 atom stereocenters. The van der Waals surface area contributed by atoms with Crippen molar-refractivity contribution in [3.8, 4) is 0 Å². The lowest BCUT2D eigenvalue weighted by Gasteiger charge is -2.35. The molecule has 0 spiro atoms. The zero-order chi connectivity index (χ0) is 20.5. The maximum Gasteiger partial charge on any atom is 0.317 e. The van der Waals surface area contributed by atoms with Crippen molar-refractivity contribution in [2.45, 2.75) is 52.0 Å². The minimum absolute atomic E-state index is 0.0181. The van der Waals surface area contributed by atoms with Gasteiger partial charge in [-0.1, -0.05) is 24.3 Å². The summed E-state index contributed by atoms with van der Waals surface area (Å²) in [6.07, 6.45) is 1.98. The number of carboxylic acid groups (broad SMARTS) is 1.